The molecule has 22 heavy (non-hydrogen) atoms. The molecule has 0 nitrogen and oxygen atoms in total. The molecule has 0 saturated carbocycles. The first-order chi connectivity index (χ1) is 10.5. The van der Waals surface area contributed by atoms with Gasteiger partial charge in [0.1, 0.15) is 0 Å². The van der Waals surface area contributed by atoms with E-state index in [1.807, 2.05) is 32.9 Å². The molecule has 0 bridgehead atoms. The van der Waals surface area contributed by atoms with Gasteiger partial charge in [-0.1, -0.05) is 95.3 Å². The third-order valence-electron chi connectivity index (χ3n) is 2.68. The van der Waals surface area contributed by atoms with E-state index < -0.39 is 0 Å². The second-order valence-corrected chi connectivity index (χ2v) is 4.91. The van der Waals surface area contributed by atoms with Crippen LogP contribution in [0.5, 0.6) is 0 Å². The second-order valence-electron chi connectivity index (χ2n) is 4.91. The van der Waals surface area contributed by atoms with Crippen molar-refractivity contribution >= 4 is 11.6 Å². The highest BCUT2D eigenvalue weighted by atomic mass is 14.0. The topological polar surface area (TPSA) is 0 Å². The van der Waals surface area contributed by atoms with Crippen molar-refractivity contribution in [3.63, 3.8) is 0 Å². The first kappa shape index (κ1) is 22.5. The van der Waals surface area contributed by atoms with Crippen molar-refractivity contribution in [2.75, 3.05) is 0 Å². The van der Waals surface area contributed by atoms with Crippen LogP contribution in [0.25, 0.3) is 11.6 Å². The smallest absolute Gasteiger partial charge is 0.0184 e. The minimum Gasteiger partial charge on any atom is -0.0985 e. The molecule has 0 aromatic heterocycles. The first-order valence-electron chi connectivity index (χ1n) is 8.23. The predicted octanol–water partition coefficient (Wildman–Crippen LogP) is 7.62. The molecular weight excluding hydrogens is 264 g/mol. The van der Waals surface area contributed by atoms with Crippen LogP contribution in [0.2, 0.25) is 0 Å². The molecule has 0 aliphatic carbocycles. The Hall–Kier alpha value is -1.82. The van der Waals surface area contributed by atoms with Crippen LogP contribution in [-0.2, 0) is 0 Å². The summed E-state index contributed by atoms with van der Waals surface area (Å²) in [7, 11) is 0. The lowest BCUT2D eigenvalue weighted by Gasteiger charge is -2.06. The van der Waals surface area contributed by atoms with E-state index in [0.29, 0.717) is 0 Å². The van der Waals surface area contributed by atoms with Crippen LogP contribution < -0.4 is 0 Å². The van der Waals surface area contributed by atoms with Crippen LogP contribution in [0.15, 0.2) is 55.2 Å². The summed E-state index contributed by atoms with van der Waals surface area (Å²) >= 11 is 0. The molecule has 0 amide bonds. The summed E-state index contributed by atoms with van der Waals surface area (Å²) in [6, 6.07) is 6.42. The van der Waals surface area contributed by atoms with Crippen LogP contribution in [0.3, 0.4) is 0 Å². The van der Waals surface area contributed by atoms with E-state index in [-0.39, 0.29) is 0 Å². The van der Waals surface area contributed by atoms with Gasteiger partial charge in [-0.15, -0.1) is 0 Å². The predicted molar refractivity (Wildman–Crippen MR) is 106 cm³/mol. The standard InChI is InChI=1S/C17H20.C3H8.C2H6/c1-6-15-10-11-17(12-14(15)5)16(7-2)9-8-13(3)4;1-3-2;1-2/h6-12H,1,3H2,2,4-5H3;3H2,1-2H3;1-2H3/b9-8-,16-7+;;. The minimum absolute atomic E-state index is 1.06. The maximum atomic E-state index is 3.87. The summed E-state index contributed by atoms with van der Waals surface area (Å²) in [6.07, 6.45) is 9.39. The lowest BCUT2D eigenvalue weighted by atomic mass is 9.99. The maximum absolute atomic E-state index is 3.87. The van der Waals surface area contributed by atoms with Crippen molar-refractivity contribution < 1.29 is 0 Å². The molecule has 0 aliphatic rings. The van der Waals surface area contributed by atoms with Gasteiger partial charge in [0.05, 0.1) is 0 Å². The van der Waals surface area contributed by atoms with E-state index >= 15 is 0 Å². The van der Waals surface area contributed by atoms with Crippen LogP contribution in [0.4, 0.5) is 0 Å². The average Bonchev–Trinajstić information content (AvgIpc) is 2.50. The molecule has 0 saturated heterocycles. The van der Waals surface area contributed by atoms with Crippen molar-refractivity contribution in [3.8, 4) is 0 Å². The lowest BCUT2D eigenvalue weighted by molar-refractivity contribution is 1.09. The van der Waals surface area contributed by atoms with Gasteiger partial charge in [0.2, 0.25) is 0 Å². The van der Waals surface area contributed by atoms with Crippen LogP contribution in [0.1, 0.15) is 64.7 Å². The van der Waals surface area contributed by atoms with Gasteiger partial charge in [0.15, 0.2) is 0 Å². The second kappa shape index (κ2) is 14.1. The van der Waals surface area contributed by atoms with Gasteiger partial charge in [-0.2, -0.15) is 0 Å². The van der Waals surface area contributed by atoms with E-state index in [0.717, 1.165) is 5.57 Å². The lowest BCUT2D eigenvalue weighted by Crippen LogP contribution is -1.86. The Kier molecular flexibility index (Phi) is 14.4. The molecule has 0 N–H and O–H groups in total. The average molecular weight is 299 g/mol. The summed E-state index contributed by atoms with van der Waals surface area (Å²) in [5.74, 6) is 0. The Morgan fingerprint density at radius 3 is 2.05 bits per heavy atom. The van der Waals surface area contributed by atoms with Crippen molar-refractivity contribution in [2.45, 2.75) is 54.9 Å². The molecule has 0 unspecified atom stereocenters. The largest absolute Gasteiger partial charge is 0.0985 e. The van der Waals surface area contributed by atoms with Crippen molar-refractivity contribution in [1.29, 1.82) is 0 Å². The molecule has 1 aromatic rings. The van der Waals surface area contributed by atoms with E-state index in [1.165, 1.54) is 28.7 Å². The number of aryl methyl sites for hydroxylation is 1. The summed E-state index contributed by atoms with van der Waals surface area (Å²) in [5, 5.41) is 0. The van der Waals surface area contributed by atoms with Crippen molar-refractivity contribution in [2.24, 2.45) is 0 Å². The number of hydrogen-bond acceptors (Lipinski definition) is 0. The number of hydrogen-bond donors (Lipinski definition) is 0. The van der Waals surface area contributed by atoms with Gasteiger partial charge < -0.3 is 0 Å². The molecule has 0 fully saturated rings. The van der Waals surface area contributed by atoms with Crippen LogP contribution in [-0.4, -0.2) is 0 Å². The van der Waals surface area contributed by atoms with Gasteiger partial charge >= 0.3 is 0 Å². The molecule has 0 spiro atoms. The molecule has 0 atom stereocenters. The monoisotopic (exact) mass is 298 g/mol. The SMILES string of the molecule is C=Cc1ccc(C(/C=C\C(=C)C)=C/C)cc1C.CC.CCC. The molecule has 0 heteroatoms. The highest BCUT2D eigenvalue weighted by Crippen LogP contribution is 2.20. The maximum Gasteiger partial charge on any atom is -0.0184 e. The molecular formula is C22H34. The van der Waals surface area contributed by atoms with E-state index in [1.54, 1.807) is 0 Å². The molecule has 0 aliphatic heterocycles. The first-order valence-corrected chi connectivity index (χ1v) is 8.23. The fraction of sp³-hybridized carbons (Fsp3) is 0.364. The van der Waals surface area contributed by atoms with Gasteiger partial charge in [0, 0.05) is 0 Å². The van der Waals surface area contributed by atoms with Gasteiger partial charge in [-0.05, 0) is 43.0 Å². The summed E-state index contributed by atoms with van der Waals surface area (Å²) in [6.45, 7) is 22.1. The third kappa shape index (κ3) is 9.18. The van der Waals surface area contributed by atoms with E-state index in [4.69, 9.17) is 0 Å². The Morgan fingerprint density at radius 1 is 1.14 bits per heavy atom. The van der Waals surface area contributed by atoms with Crippen LogP contribution in [0, 0.1) is 6.92 Å². The normalized spacial score (nSPS) is 10.2. The Bertz CT molecular complexity index is 499. The Labute approximate surface area is 139 Å². The zero-order chi connectivity index (χ0) is 17.5. The number of benzene rings is 1. The van der Waals surface area contributed by atoms with Crippen molar-refractivity contribution in [3.05, 3.63) is 71.8 Å². The molecule has 0 heterocycles. The quantitative estimate of drug-likeness (QED) is 0.501. The van der Waals surface area contributed by atoms with Gasteiger partial charge in [-0.3, -0.25) is 0 Å². The fourth-order valence-electron chi connectivity index (χ4n) is 1.68. The molecule has 122 valence electrons. The zero-order valence-corrected chi connectivity index (χ0v) is 15.7. The van der Waals surface area contributed by atoms with E-state index in [9.17, 15) is 0 Å². The zero-order valence-electron chi connectivity index (χ0n) is 15.7. The summed E-state index contributed by atoms with van der Waals surface area (Å²) in [5.41, 5.74) is 5.94. The highest BCUT2D eigenvalue weighted by Gasteiger charge is 2.00. The summed E-state index contributed by atoms with van der Waals surface area (Å²) < 4.78 is 0. The fourth-order valence-corrected chi connectivity index (χ4v) is 1.68. The number of rotatable bonds is 4. The van der Waals surface area contributed by atoms with Gasteiger partial charge in [0.25, 0.3) is 0 Å². The Morgan fingerprint density at radius 2 is 1.68 bits per heavy atom. The third-order valence-corrected chi connectivity index (χ3v) is 2.68. The number of allylic oxidation sites excluding steroid dienone is 5. The minimum atomic E-state index is 1.06. The molecule has 1 aromatic carbocycles. The van der Waals surface area contributed by atoms with E-state index in [2.05, 4.69) is 71.2 Å². The Balaban J connectivity index is 0. The van der Waals surface area contributed by atoms with Crippen molar-refractivity contribution in [1.82, 2.24) is 0 Å². The summed E-state index contributed by atoms with van der Waals surface area (Å²) in [4.78, 5) is 0. The molecule has 0 radical (unpaired) electrons. The van der Waals surface area contributed by atoms with Gasteiger partial charge in [-0.25, -0.2) is 0 Å². The molecule has 1 rings (SSSR count). The highest BCUT2D eigenvalue weighted by molar-refractivity contribution is 5.75. The van der Waals surface area contributed by atoms with Crippen LogP contribution >= 0.6 is 0 Å².